The highest BCUT2D eigenvalue weighted by atomic mass is 32.2. The number of carbonyl (C=O) groups excluding carboxylic acids is 1. The molecule has 5 heteroatoms. The summed E-state index contributed by atoms with van der Waals surface area (Å²) in [5.41, 5.74) is 1.14. The normalized spacial score (nSPS) is 11.2. The van der Waals surface area contributed by atoms with E-state index in [0.29, 0.717) is 17.7 Å². The van der Waals surface area contributed by atoms with Crippen molar-refractivity contribution in [3.8, 4) is 0 Å². The standard InChI is InChI=1S/C17H19NO3S/c1-3-7-17(19)14-10-12-16(13-11-14)22(20,21)18(2)15-8-5-4-6-9-15/h4-6,8-13H,3,7H2,1-2H3. The fourth-order valence-electron chi connectivity index (χ4n) is 2.12. The van der Waals surface area contributed by atoms with Crippen LogP contribution in [0.4, 0.5) is 5.69 Å². The molecule has 2 rings (SSSR count). The number of benzene rings is 2. The molecule has 0 atom stereocenters. The van der Waals surface area contributed by atoms with Crippen LogP contribution in [-0.4, -0.2) is 21.2 Å². The van der Waals surface area contributed by atoms with E-state index < -0.39 is 10.0 Å². The predicted molar refractivity (Wildman–Crippen MR) is 87.7 cm³/mol. The van der Waals surface area contributed by atoms with Gasteiger partial charge in [0.1, 0.15) is 0 Å². The van der Waals surface area contributed by atoms with Crippen LogP contribution in [0.25, 0.3) is 0 Å². The van der Waals surface area contributed by atoms with Crippen LogP contribution in [0.3, 0.4) is 0 Å². The van der Waals surface area contributed by atoms with Crippen molar-refractivity contribution in [1.82, 2.24) is 0 Å². The molecule has 116 valence electrons. The third-order valence-corrected chi connectivity index (χ3v) is 5.23. The van der Waals surface area contributed by atoms with Crippen molar-refractivity contribution in [3.63, 3.8) is 0 Å². The number of anilines is 1. The second-order valence-corrected chi connectivity index (χ2v) is 6.97. The third kappa shape index (κ3) is 3.36. The number of ketones is 1. The van der Waals surface area contributed by atoms with Crippen molar-refractivity contribution in [2.75, 3.05) is 11.4 Å². The van der Waals surface area contributed by atoms with E-state index in [1.807, 2.05) is 13.0 Å². The second kappa shape index (κ2) is 6.75. The van der Waals surface area contributed by atoms with Crippen LogP contribution in [0.1, 0.15) is 30.1 Å². The van der Waals surface area contributed by atoms with Gasteiger partial charge < -0.3 is 0 Å². The number of rotatable bonds is 6. The molecule has 0 heterocycles. The highest BCUT2D eigenvalue weighted by Crippen LogP contribution is 2.22. The summed E-state index contributed by atoms with van der Waals surface area (Å²) in [5, 5.41) is 0. The van der Waals surface area contributed by atoms with E-state index >= 15 is 0 Å². The molecule has 0 saturated carbocycles. The summed E-state index contributed by atoms with van der Waals surface area (Å²) in [7, 11) is -2.11. The highest BCUT2D eigenvalue weighted by molar-refractivity contribution is 7.92. The maximum absolute atomic E-state index is 12.6. The van der Waals surface area contributed by atoms with E-state index in [0.717, 1.165) is 6.42 Å². The summed E-state index contributed by atoms with van der Waals surface area (Å²) in [6, 6.07) is 15.0. The fraction of sp³-hybridized carbons (Fsp3) is 0.235. The summed E-state index contributed by atoms with van der Waals surface area (Å²) in [5.74, 6) is 0.0304. The molecule has 0 aromatic heterocycles. The molecule has 4 nitrogen and oxygen atoms in total. The molecule has 0 fully saturated rings. The van der Waals surface area contributed by atoms with Crippen molar-refractivity contribution in [1.29, 1.82) is 0 Å². The molecule has 2 aromatic rings. The Morgan fingerprint density at radius 2 is 1.59 bits per heavy atom. The van der Waals surface area contributed by atoms with Gasteiger partial charge in [-0.3, -0.25) is 9.10 Å². The largest absolute Gasteiger partial charge is 0.294 e. The van der Waals surface area contributed by atoms with Crippen LogP contribution < -0.4 is 4.31 Å². The highest BCUT2D eigenvalue weighted by Gasteiger charge is 2.21. The van der Waals surface area contributed by atoms with Gasteiger partial charge in [-0.1, -0.05) is 37.3 Å². The first-order valence-electron chi connectivity index (χ1n) is 7.14. The maximum atomic E-state index is 12.6. The molecule has 0 N–H and O–H groups in total. The van der Waals surface area contributed by atoms with Crippen molar-refractivity contribution in [2.24, 2.45) is 0 Å². The summed E-state index contributed by atoms with van der Waals surface area (Å²) >= 11 is 0. The predicted octanol–water partition coefficient (Wildman–Crippen LogP) is 3.49. The van der Waals surface area contributed by atoms with Crippen LogP contribution in [-0.2, 0) is 10.0 Å². The SMILES string of the molecule is CCCC(=O)c1ccc(S(=O)(=O)N(C)c2ccccc2)cc1. The summed E-state index contributed by atoms with van der Waals surface area (Å²) in [6.45, 7) is 1.94. The van der Waals surface area contributed by atoms with Gasteiger partial charge in [0.05, 0.1) is 10.6 Å². The number of carbonyl (C=O) groups is 1. The van der Waals surface area contributed by atoms with E-state index in [2.05, 4.69) is 0 Å². The molecule has 0 saturated heterocycles. The van der Waals surface area contributed by atoms with Crippen molar-refractivity contribution in [3.05, 3.63) is 60.2 Å². The number of nitrogens with zero attached hydrogens (tertiary/aromatic N) is 1. The van der Waals surface area contributed by atoms with Gasteiger partial charge in [0, 0.05) is 19.0 Å². The molecule has 0 unspecified atom stereocenters. The van der Waals surface area contributed by atoms with E-state index in [1.54, 1.807) is 36.4 Å². The Labute approximate surface area is 131 Å². The van der Waals surface area contributed by atoms with Gasteiger partial charge in [0.15, 0.2) is 5.78 Å². The average Bonchev–Trinajstić information content (AvgIpc) is 2.55. The van der Waals surface area contributed by atoms with Gasteiger partial charge in [-0.2, -0.15) is 0 Å². The lowest BCUT2D eigenvalue weighted by Crippen LogP contribution is -2.26. The first kappa shape index (κ1) is 16.2. The summed E-state index contributed by atoms with van der Waals surface area (Å²) in [6.07, 6.45) is 1.24. The van der Waals surface area contributed by atoms with Crippen molar-refractivity contribution in [2.45, 2.75) is 24.7 Å². The molecule has 0 aliphatic heterocycles. The Balaban J connectivity index is 2.28. The van der Waals surface area contributed by atoms with Gasteiger partial charge in [-0.05, 0) is 30.7 Å². The molecular weight excluding hydrogens is 298 g/mol. The minimum absolute atomic E-state index is 0.0304. The molecule has 2 aromatic carbocycles. The Bertz CT molecular complexity index is 737. The van der Waals surface area contributed by atoms with E-state index in [9.17, 15) is 13.2 Å². The van der Waals surface area contributed by atoms with Gasteiger partial charge in [-0.15, -0.1) is 0 Å². The quantitative estimate of drug-likeness (QED) is 0.766. The Morgan fingerprint density at radius 3 is 2.14 bits per heavy atom. The van der Waals surface area contributed by atoms with E-state index in [-0.39, 0.29) is 10.7 Å². The molecule has 0 aliphatic rings. The lowest BCUT2D eigenvalue weighted by atomic mass is 10.1. The number of sulfonamides is 1. The number of hydrogen-bond donors (Lipinski definition) is 0. The number of Topliss-reactive ketones (excluding diaryl/α,β-unsaturated/α-hetero) is 1. The Morgan fingerprint density at radius 1 is 1.00 bits per heavy atom. The monoisotopic (exact) mass is 317 g/mol. The van der Waals surface area contributed by atoms with Gasteiger partial charge in [0.25, 0.3) is 10.0 Å². The number of para-hydroxylation sites is 1. The Kier molecular flexibility index (Phi) is 4.98. The van der Waals surface area contributed by atoms with Crippen LogP contribution in [0, 0.1) is 0 Å². The summed E-state index contributed by atoms with van der Waals surface area (Å²) in [4.78, 5) is 12.0. The molecule has 0 amide bonds. The molecule has 0 bridgehead atoms. The lowest BCUT2D eigenvalue weighted by molar-refractivity contribution is 0.0981. The smallest absolute Gasteiger partial charge is 0.264 e. The number of hydrogen-bond acceptors (Lipinski definition) is 3. The Hall–Kier alpha value is -2.14. The molecule has 0 aliphatic carbocycles. The van der Waals surface area contributed by atoms with E-state index in [1.165, 1.54) is 23.5 Å². The van der Waals surface area contributed by atoms with Gasteiger partial charge in [0.2, 0.25) is 0 Å². The minimum Gasteiger partial charge on any atom is -0.294 e. The second-order valence-electron chi connectivity index (χ2n) is 5.01. The van der Waals surface area contributed by atoms with E-state index in [4.69, 9.17) is 0 Å². The van der Waals surface area contributed by atoms with Crippen LogP contribution in [0.5, 0.6) is 0 Å². The van der Waals surface area contributed by atoms with Gasteiger partial charge >= 0.3 is 0 Å². The third-order valence-electron chi connectivity index (χ3n) is 3.43. The molecule has 0 radical (unpaired) electrons. The average molecular weight is 317 g/mol. The van der Waals surface area contributed by atoms with Crippen LogP contribution in [0.15, 0.2) is 59.5 Å². The van der Waals surface area contributed by atoms with Crippen molar-refractivity contribution >= 4 is 21.5 Å². The lowest BCUT2D eigenvalue weighted by Gasteiger charge is -2.19. The maximum Gasteiger partial charge on any atom is 0.264 e. The van der Waals surface area contributed by atoms with Crippen molar-refractivity contribution < 1.29 is 13.2 Å². The molecular formula is C17H19NO3S. The van der Waals surface area contributed by atoms with Crippen LogP contribution >= 0.6 is 0 Å². The summed E-state index contributed by atoms with van der Waals surface area (Å²) < 4.78 is 26.4. The fourth-order valence-corrected chi connectivity index (χ4v) is 3.31. The molecule has 22 heavy (non-hydrogen) atoms. The first-order valence-corrected chi connectivity index (χ1v) is 8.58. The topological polar surface area (TPSA) is 54.5 Å². The molecule has 0 spiro atoms. The van der Waals surface area contributed by atoms with Crippen LogP contribution in [0.2, 0.25) is 0 Å². The zero-order valence-corrected chi connectivity index (χ0v) is 13.5. The van der Waals surface area contributed by atoms with Gasteiger partial charge in [-0.25, -0.2) is 8.42 Å². The zero-order valence-electron chi connectivity index (χ0n) is 12.7. The minimum atomic E-state index is -3.62. The zero-order chi connectivity index (χ0) is 16.2. The first-order chi connectivity index (χ1) is 10.5.